The topological polar surface area (TPSA) is 92.9 Å². The first-order valence-corrected chi connectivity index (χ1v) is 7.07. The van der Waals surface area contributed by atoms with Crippen LogP contribution >= 0.6 is 11.3 Å². The van der Waals surface area contributed by atoms with E-state index in [0.717, 1.165) is 0 Å². The minimum atomic E-state index is -0.518. The van der Waals surface area contributed by atoms with Crippen molar-refractivity contribution in [2.24, 2.45) is 7.05 Å². The van der Waals surface area contributed by atoms with Gasteiger partial charge in [-0.05, 0) is 11.4 Å². The summed E-state index contributed by atoms with van der Waals surface area (Å²) in [5.74, 6) is 0.140. The first-order valence-electron chi connectivity index (χ1n) is 6.19. The standard InChI is InChI=1S/C13H18N4O2S/c1-13(2,8-5-4-6-20-8)7-15-9-10(14)17(3)12(19)16-11(9)18/h4-6,15H,7,14H2,1-3H3,(H,16,18,19). The summed E-state index contributed by atoms with van der Waals surface area (Å²) in [6, 6.07) is 4.05. The predicted octanol–water partition coefficient (Wildman–Crippen LogP) is 1.11. The Morgan fingerprint density at radius 1 is 1.45 bits per heavy atom. The summed E-state index contributed by atoms with van der Waals surface area (Å²) in [7, 11) is 1.52. The monoisotopic (exact) mass is 294 g/mol. The predicted molar refractivity (Wildman–Crippen MR) is 82.6 cm³/mol. The highest BCUT2D eigenvalue weighted by Crippen LogP contribution is 2.27. The van der Waals surface area contributed by atoms with Crippen molar-refractivity contribution in [2.75, 3.05) is 17.6 Å². The molecule has 0 aliphatic heterocycles. The van der Waals surface area contributed by atoms with Crippen molar-refractivity contribution in [1.29, 1.82) is 0 Å². The van der Waals surface area contributed by atoms with Crippen molar-refractivity contribution in [3.05, 3.63) is 43.2 Å². The second-order valence-electron chi connectivity index (χ2n) is 5.29. The highest BCUT2D eigenvalue weighted by atomic mass is 32.1. The molecule has 0 saturated carbocycles. The minimum absolute atomic E-state index is 0.137. The van der Waals surface area contributed by atoms with Crippen molar-refractivity contribution in [2.45, 2.75) is 19.3 Å². The van der Waals surface area contributed by atoms with Crippen LogP contribution in [0.25, 0.3) is 0 Å². The first-order chi connectivity index (χ1) is 9.33. The number of rotatable bonds is 4. The Morgan fingerprint density at radius 2 is 2.15 bits per heavy atom. The Morgan fingerprint density at radius 3 is 2.75 bits per heavy atom. The molecule has 4 N–H and O–H groups in total. The fraction of sp³-hybridized carbons (Fsp3) is 0.385. The van der Waals surface area contributed by atoms with Gasteiger partial charge in [0.2, 0.25) is 0 Å². The highest BCUT2D eigenvalue weighted by Gasteiger charge is 2.22. The highest BCUT2D eigenvalue weighted by molar-refractivity contribution is 7.10. The van der Waals surface area contributed by atoms with Crippen molar-refractivity contribution >= 4 is 22.8 Å². The van der Waals surface area contributed by atoms with Crippen LogP contribution in [0.4, 0.5) is 11.5 Å². The summed E-state index contributed by atoms with van der Waals surface area (Å²) >= 11 is 1.67. The largest absolute Gasteiger partial charge is 0.383 e. The quantitative estimate of drug-likeness (QED) is 0.787. The van der Waals surface area contributed by atoms with E-state index >= 15 is 0 Å². The number of nitrogens with one attached hydrogen (secondary N) is 2. The molecule has 2 rings (SSSR count). The van der Waals surface area contributed by atoms with Gasteiger partial charge in [0.1, 0.15) is 11.5 Å². The number of aromatic amines is 1. The van der Waals surface area contributed by atoms with E-state index in [4.69, 9.17) is 5.73 Å². The van der Waals surface area contributed by atoms with Crippen LogP contribution in [0.5, 0.6) is 0 Å². The molecule has 0 aromatic carbocycles. The molecule has 0 aliphatic rings. The number of nitrogens with zero attached hydrogens (tertiary/aromatic N) is 1. The van der Waals surface area contributed by atoms with Crippen LogP contribution in [0.2, 0.25) is 0 Å². The lowest BCUT2D eigenvalue weighted by Gasteiger charge is -2.24. The number of thiophene rings is 1. The van der Waals surface area contributed by atoms with E-state index < -0.39 is 11.2 Å². The minimum Gasteiger partial charge on any atom is -0.383 e. The van der Waals surface area contributed by atoms with Gasteiger partial charge in [-0.25, -0.2) is 4.79 Å². The Labute approximate surface area is 120 Å². The Bertz CT molecular complexity index is 713. The number of H-pyrrole nitrogens is 1. The summed E-state index contributed by atoms with van der Waals surface area (Å²) in [5, 5.41) is 5.07. The number of anilines is 2. The van der Waals surface area contributed by atoms with Gasteiger partial charge in [0.25, 0.3) is 5.56 Å². The van der Waals surface area contributed by atoms with E-state index in [-0.39, 0.29) is 16.9 Å². The Balaban J connectivity index is 2.26. The molecule has 20 heavy (non-hydrogen) atoms. The van der Waals surface area contributed by atoms with Crippen LogP contribution in [0.1, 0.15) is 18.7 Å². The van der Waals surface area contributed by atoms with Crippen LogP contribution in [-0.4, -0.2) is 16.1 Å². The zero-order valence-corrected chi connectivity index (χ0v) is 12.5. The third-order valence-electron chi connectivity index (χ3n) is 3.26. The average molecular weight is 294 g/mol. The molecular weight excluding hydrogens is 276 g/mol. The van der Waals surface area contributed by atoms with Crippen LogP contribution in [0.3, 0.4) is 0 Å². The van der Waals surface area contributed by atoms with Crippen LogP contribution in [0, 0.1) is 0 Å². The van der Waals surface area contributed by atoms with Crippen LogP contribution < -0.4 is 22.3 Å². The summed E-state index contributed by atoms with van der Waals surface area (Å²) in [6.45, 7) is 4.70. The maximum atomic E-state index is 11.8. The molecule has 2 heterocycles. The Hall–Kier alpha value is -2.02. The summed E-state index contributed by atoms with van der Waals surface area (Å²) in [6.07, 6.45) is 0. The average Bonchev–Trinajstić information content (AvgIpc) is 2.90. The first kappa shape index (κ1) is 14.4. The molecule has 0 spiro atoms. The molecule has 2 aromatic rings. The van der Waals surface area contributed by atoms with Crippen molar-refractivity contribution in [1.82, 2.24) is 9.55 Å². The maximum absolute atomic E-state index is 11.8. The van der Waals surface area contributed by atoms with Crippen LogP contribution in [-0.2, 0) is 12.5 Å². The van der Waals surface area contributed by atoms with E-state index in [1.54, 1.807) is 11.3 Å². The third kappa shape index (κ3) is 2.62. The molecule has 6 nitrogen and oxygen atoms in total. The molecule has 0 unspecified atom stereocenters. The van der Waals surface area contributed by atoms with Crippen LogP contribution in [0.15, 0.2) is 27.1 Å². The maximum Gasteiger partial charge on any atom is 0.329 e. The van der Waals surface area contributed by atoms with Gasteiger partial charge in [0.05, 0.1) is 0 Å². The SMILES string of the molecule is Cn1c(N)c(NCC(C)(C)c2cccs2)c(=O)[nH]c1=O. The lowest BCUT2D eigenvalue weighted by Crippen LogP contribution is -2.35. The van der Waals surface area contributed by atoms with Gasteiger partial charge in [-0.1, -0.05) is 19.9 Å². The van der Waals surface area contributed by atoms with Gasteiger partial charge in [0.15, 0.2) is 0 Å². The van der Waals surface area contributed by atoms with Gasteiger partial charge >= 0.3 is 5.69 Å². The smallest absolute Gasteiger partial charge is 0.329 e. The van der Waals surface area contributed by atoms with Crippen molar-refractivity contribution < 1.29 is 0 Å². The fourth-order valence-corrected chi connectivity index (χ4v) is 2.72. The number of aromatic nitrogens is 2. The lowest BCUT2D eigenvalue weighted by atomic mass is 9.91. The number of nitrogen functional groups attached to an aromatic ring is 1. The lowest BCUT2D eigenvalue weighted by molar-refractivity contribution is 0.568. The van der Waals surface area contributed by atoms with E-state index in [1.807, 2.05) is 11.4 Å². The molecule has 7 heteroatoms. The van der Waals surface area contributed by atoms with Crippen molar-refractivity contribution in [3.63, 3.8) is 0 Å². The molecule has 0 bridgehead atoms. The second-order valence-corrected chi connectivity index (χ2v) is 6.24. The van der Waals surface area contributed by atoms with Gasteiger partial charge < -0.3 is 11.1 Å². The summed E-state index contributed by atoms with van der Waals surface area (Å²) in [5.41, 5.74) is 4.90. The van der Waals surface area contributed by atoms with Gasteiger partial charge in [-0.2, -0.15) is 0 Å². The number of nitrogens with two attached hydrogens (primary N) is 1. The zero-order valence-electron chi connectivity index (χ0n) is 11.7. The normalized spacial score (nSPS) is 11.6. The molecule has 0 amide bonds. The van der Waals surface area contributed by atoms with E-state index in [2.05, 4.69) is 30.2 Å². The van der Waals surface area contributed by atoms with Crippen molar-refractivity contribution in [3.8, 4) is 0 Å². The summed E-state index contributed by atoms with van der Waals surface area (Å²) in [4.78, 5) is 26.7. The van der Waals surface area contributed by atoms with E-state index in [9.17, 15) is 9.59 Å². The zero-order chi connectivity index (χ0) is 14.9. The van der Waals surface area contributed by atoms with Gasteiger partial charge in [-0.3, -0.25) is 14.3 Å². The molecule has 108 valence electrons. The van der Waals surface area contributed by atoms with E-state index in [1.165, 1.54) is 16.5 Å². The van der Waals surface area contributed by atoms with Gasteiger partial charge in [0, 0.05) is 23.9 Å². The molecule has 2 aromatic heterocycles. The second kappa shape index (κ2) is 5.16. The molecule has 0 aliphatic carbocycles. The molecule has 0 atom stereocenters. The van der Waals surface area contributed by atoms with E-state index in [0.29, 0.717) is 6.54 Å². The number of hydrogen-bond acceptors (Lipinski definition) is 5. The molecule has 0 fully saturated rings. The number of hydrogen-bond donors (Lipinski definition) is 3. The fourth-order valence-electron chi connectivity index (χ4n) is 1.87. The molecule has 0 radical (unpaired) electrons. The summed E-state index contributed by atoms with van der Waals surface area (Å²) < 4.78 is 1.21. The Kier molecular flexibility index (Phi) is 3.71. The molecular formula is C13H18N4O2S. The molecule has 0 saturated heterocycles. The van der Waals surface area contributed by atoms with Gasteiger partial charge in [-0.15, -0.1) is 11.3 Å². The third-order valence-corrected chi connectivity index (χ3v) is 4.50.